The summed E-state index contributed by atoms with van der Waals surface area (Å²) in [5.41, 5.74) is 2.00. The van der Waals surface area contributed by atoms with E-state index in [-0.39, 0.29) is 5.56 Å². The third kappa shape index (κ3) is 1.64. The predicted octanol–water partition coefficient (Wildman–Crippen LogP) is 1.09. The summed E-state index contributed by atoms with van der Waals surface area (Å²) in [5.74, 6) is 0.784. The number of benzene rings is 1. The average molecular weight is 242 g/mol. The van der Waals surface area contributed by atoms with Crippen molar-refractivity contribution in [1.29, 1.82) is 0 Å². The highest BCUT2D eigenvalue weighted by Gasteiger charge is 2.05. The maximum atomic E-state index is 11.5. The van der Waals surface area contributed by atoms with Crippen LogP contribution in [0.25, 0.3) is 16.9 Å². The molecule has 90 valence electrons. The lowest BCUT2D eigenvalue weighted by Gasteiger charge is -2.00. The number of hydrogen-bond acceptors (Lipinski definition) is 4. The molecule has 0 atom stereocenters. The van der Waals surface area contributed by atoms with Gasteiger partial charge in [0.2, 0.25) is 0 Å². The largest absolute Gasteiger partial charge is 0.497 e. The maximum absolute atomic E-state index is 11.5. The lowest BCUT2D eigenvalue weighted by Crippen LogP contribution is -2.14. The molecule has 0 saturated carbocycles. The van der Waals surface area contributed by atoms with Crippen LogP contribution in [0.1, 0.15) is 0 Å². The summed E-state index contributed by atoms with van der Waals surface area (Å²) in [6.07, 6.45) is 1.17. The van der Waals surface area contributed by atoms with E-state index in [1.807, 2.05) is 24.3 Å². The average Bonchev–Trinajstić information content (AvgIpc) is 2.84. The van der Waals surface area contributed by atoms with Crippen molar-refractivity contribution in [3.8, 4) is 17.0 Å². The van der Waals surface area contributed by atoms with Gasteiger partial charge in [0.25, 0.3) is 5.56 Å². The second kappa shape index (κ2) is 3.99. The van der Waals surface area contributed by atoms with Crippen molar-refractivity contribution >= 4 is 5.65 Å². The minimum Gasteiger partial charge on any atom is -0.497 e. The van der Waals surface area contributed by atoms with Gasteiger partial charge in [-0.25, -0.2) is 0 Å². The van der Waals surface area contributed by atoms with E-state index in [1.54, 1.807) is 13.2 Å². The molecule has 0 unspecified atom stereocenters. The third-order valence-electron chi connectivity index (χ3n) is 2.68. The molecule has 3 rings (SSSR count). The van der Waals surface area contributed by atoms with Crippen LogP contribution in [0.15, 0.2) is 41.3 Å². The molecular weight excluding hydrogens is 232 g/mol. The number of hydrogen-bond donors (Lipinski definition) is 1. The van der Waals surface area contributed by atoms with Crippen LogP contribution in [0.5, 0.6) is 5.75 Å². The molecule has 0 radical (unpaired) electrons. The fourth-order valence-electron chi connectivity index (χ4n) is 1.76. The summed E-state index contributed by atoms with van der Waals surface area (Å²) in [4.78, 5) is 11.5. The first-order valence-corrected chi connectivity index (χ1v) is 5.36. The molecule has 2 aromatic heterocycles. The smallest absolute Gasteiger partial charge is 0.291 e. The molecule has 0 aliphatic heterocycles. The minimum atomic E-state index is -0.236. The van der Waals surface area contributed by atoms with Crippen LogP contribution in [-0.4, -0.2) is 26.9 Å². The van der Waals surface area contributed by atoms with Crippen molar-refractivity contribution in [1.82, 2.24) is 19.8 Å². The van der Waals surface area contributed by atoms with Crippen molar-refractivity contribution in [2.45, 2.75) is 0 Å². The number of aromatic nitrogens is 4. The van der Waals surface area contributed by atoms with Crippen LogP contribution in [0.2, 0.25) is 0 Å². The van der Waals surface area contributed by atoms with Gasteiger partial charge in [0, 0.05) is 6.07 Å². The topological polar surface area (TPSA) is 72.3 Å². The Bertz CT molecular complexity index is 743. The number of nitrogens with zero attached hydrogens (tertiary/aromatic N) is 3. The van der Waals surface area contributed by atoms with Gasteiger partial charge in [-0.05, 0) is 29.8 Å². The van der Waals surface area contributed by atoms with Crippen molar-refractivity contribution in [3.63, 3.8) is 0 Å². The molecule has 3 aromatic rings. The van der Waals surface area contributed by atoms with Crippen molar-refractivity contribution in [2.75, 3.05) is 7.11 Å². The van der Waals surface area contributed by atoms with E-state index in [9.17, 15) is 4.79 Å². The fourth-order valence-corrected chi connectivity index (χ4v) is 1.76. The van der Waals surface area contributed by atoms with Crippen LogP contribution >= 0.6 is 0 Å². The molecule has 0 saturated heterocycles. The summed E-state index contributed by atoms with van der Waals surface area (Å²) in [5, 5.41) is 10.5. The number of rotatable bonds is 2. The Balaban J connectivity index is 2.13. The molecule has 0 aliphatic rings. The molecule has 0 amide bonds. The second-order valence-corrected chi connectivity index (χ2v) is 3.77. The Morgan fingerprint density at radius 2 is 2.06 bits per heavy atom. The number of fused-ring (bicyclic) bond motifs is 1. The minimum absolute atomic E-state index is 0.236. The summed E-state index contributed by atoms with van der Waals surface area (Å²) >= 11 is 0. The number of nitrogens with one attached hydrogen (secondary N) is 1. The van der Waals surface area contributed by atoms with Gasteiger partial charge in [-0.1, -0.05) is 0 Å². The second-order valence-electron chi connectivity index (χ2n) is 3.77. The Labute approximate surface area is 102 Å². The number of aromatic amines is 1. The molecule has 0 bridgehead atoms. The normalized spacial score (nSPS) is 10.7. The van der Waals surface area contributed by atoms with E-state index in [4.69, 9.17) is 4.74 Å². The summed E-state index contributed by atoms with van der Waals surface area (Å²) in [6, 6.07) is 9.30. The van der Waals surface area contributed by atoms with E-state index in [0.717, 1.165) is 17.0 Å². The van der Waals surface area contributed by atoms with Gasteiger partial charge in [0.15, 0.2) is 5.65 Å². The molecule has 2 heterocycles. The highest BCUT2D eigenvalue weighted by molar-refractivity contribution is 5.64. The molecule has 1 N–H and O–H groups in total. The zero-order valence-electron chi connectivity index (χ0n) is 9.62. The van der Waals surface area contributed by atoms with E-state index >= 15 is 0 Å². The number of methoxy groups -OCH3 is 1. The van der Waals surface area contributed by atoms with Gasteiger partial charge in [0.05, 0.1) is 12.8 Å². The Morgan fingerprint density at radius 3 is 2.72 bits per heavy atom. The molecule has 6 heteroatoms. The zero-order chi connectivity index (χ0) is 12.5. The fraction of sp³-hybridized carbons (Fsp3) is 0.0833. The molecular formula is C12H10N4O2. The zero-order valence-corrected chi connectivity index (χ0v) is 9.62. The predicted molar refractivity (Wildman–Crippen MR) is 65.6 cm³/mol. The Kier molecular flexibility index (Phi) is 2.33. The number of ether oxygens (including phenoxy) is 1. The van der Waals surface area contributed by atoms with Crippen LogP contribution in [0, 0.1) is 0 Å². The van der Waals surface area contributed by atoms with E-state index in [1.165, 1.54) is 10.7 Å². The van der Waals surface area contributed by atoms with E-state index in [0.29, 0.717) is 5.65 Å². The van der Waals surface area contributed by atoms with Gasteiger partial charge in [-0.15, -0.1) is 5.10 Å². The van der Waals surface area contributed by atoms with Crippen LogP contribution in [-0.2, 0) is 0 Å². The van der Waals surface area contributed by atoms with Crippen LogP contribution < -0.4 is 10.3 Å². The van der Waals surface area contributed by atoms with Gasteiger partial charge >= 0.3 is 0 Å². The van der Waals surface area contributed by atoms with Gasteiger partial charge in [0.1, 0.15) is 11.9 Å². The standard InChI is InChI=1S/C12H10N4O2/c1-18-9-4-2-8(3-5-9)10-6-11-14-13-7-12(17)16(11)15-10/h2-7,15H,1H3. The first-order chi connectivity index (χ1) is 8.78. The van der Waals surface area contributed by atoms with E-state index < -0.39 is 0 Å². The lowest BCUT2D eigenvalue weighted by atomic mass is 10.1. The van der Waals surface area contributed by atoms with Crippen LogP contribution in [0.3, 0.4) is 0 Å². The summed E-state index contributed by atoms with van der Waals surface area (Å²) in [7, 11) is 1.62. The SMILES string of the molecule is COc1ccc(-c2cc3nncc(=O)n3[nH]2)cc1. The van der Waals surface area contributed by atoms with Gasteiger partial charge in [-0.2, -0.15) is 9.61 Å². The molecule has 6 nitrogen and oxygen atoms in total. The van der Waals surface area contributed by atoms with Gasteiger partial charge in [-0.3, -0.25) is 9.89 Å². The highest BCUT2D eigenvalue weighted by Crippen LogP contribution is 2.21. The molecule has 1 aromatic carbocycles. The van der Waals surface area contributed by atoms with Crippen molar-refractivity contribution < 1.29 is 4.74 Å². The first kappa shape index (κ1) is 10.5. The van der Waals surface area contributed by atoms with E-state index in [2.05, 4.69) is 15.3 Å². The number of H-pyrrole nitrogens is 1. The third-order valence-corrected chi connectivity index (χ3v) is 2.68. The lowest BCUT2D eigenvalue weighted by molar-refractivity contribution is 0.415. The summed E-state index contributed by atoms with van der Waals surface area (Å²) in [6.45, 7) is 0. The molecule has 0 fully saturated rings. The quantitative estimate of drug-likeness (QED) is 0.730. The van der Waals surface area contributed by atoms with Crippen molar-refractivity contribution in [2.24, 2.45) is 0 Å². The van der Waals surface area contributed by atoms with Crippen molar-refractivity contribution in [3.05, 3.63) is 46.9 Å². The summed E-state index contributed by atoms with van der Waals surface area (Å²) < 4.78 is 6.45. The monoisotopic (exact) mass is 242 g/mol. The Morgan fingerprint density at radius 1 is 1.28 bits per heavy atom. The van der Waals surface area contributed by atoms with Gasteiger partial charge < -0.3 is 4.74 Å². The molecule has 18 heavy (non-hydrogen) atoms. The Hall–Kier alpha value is -2.63. The molecule has 0 aliphatic carbocycles. The first-order valence-electron chi connectivity index (χ1n) is 5.36. The van der Waals surface area contributed by atoms with Crippen LogP contribution in [0.4, 0.5) is 0 Å². The molecule has 0 spiro atoms. The maximum Gasteiger partial charge on any atom is 0.291 e. The highest BCUT2D eigenvalue weighted by atomic mass is 16.5.